The minimum absolute atomic E-state index is 0.0582. The Morgan fingerprint density at radius 3 is 2.55 bits per heavy atom. The van der Waals surface area contributed by atoms with E-state index in [1.54, 1.807) is 6.07 Å². The van der Waals surface area contributed by atoms with E-state index in [1.807, 2.05) is 18.2 Å². The third-order valence-electron chi connectivity index (χ3n) is 7.09. The summed E-state index contributed by atoms with van der Waals surface area (Å²) in [7, 11) is 0. The Bertz CT molecular complexity index is 1480. The van der Waals surface area contributed by atoms with E-state index in [9.17, 15) is 29.7 Å². The maximum absolute atomic E-state index is 13.4. The van der Waals surface area contributed by atoms with Gasteiger partial charge in [-0.2, -0.15) is 0 Å². The van der Waals surface area contributed by atoms with E-state index in [4.69, 9.17) is 14.2 Å². The number of unbranched alkanes of at least 4 members (excludes halogenated alkanes) is 1. The van der Waals surface area contributed by atoms with Crippen LogP contribution in [0, 0.1) is 0 Å². The van der Waals surface area contributed by atoms with Crippen LogP contribution in [0.5, 0.6) is 5.75 Å². The number of nitrogens with zero attached hydrogens (tertiary/aromatic N) is 1. The highest BCUT2D eigenvalue weighted by atomic mass is 16.5. The maximum atomic E-state index is 13.4. The molecule has 3 N–H and O–H groups in total. The Kier molecular flexibility index (Phi) is 10.1. The van der Waals surface area contributed by atoms with Crippen molar-refractivity contribution in [3.05, 3.63) is 83.1 Å². The molecule has 0 bridgehead atoms. The molecule has 4 rings (SSSR count). The van der Waals surface area contributed by atoms with Crippen LogP contribution in [0.4, 0.5) is 0 Å². The molecule has 2 aromatic carbocycles. The minimum Gasteiger partial charge on any atom is -0.506 e. The zero-order valence-electron chi connectivity index (χ0n) is 23.6. The lowest BCUT2D eigenvalue weighted by Gasteiger charge is -2.16. The highest BCUT2D eigenvalue weighted by Gasteiger charge is 2.42. The predicted molar refractivity (Wildman–Crippen MR) is 153 cm³/mol. The van der Waals surface area contributed by atoms with Gasteiger partial charge in [0.05, 0.1) is 42.0 Å². The Morgan fingerprint density at radius 2 is 1.81 bits per heavy atom. The van der Waals surface area contributed by atoms with Crippen molar-refractivity contribution in [2.24, 2.45) is 0 Å². The Hall–Kier alpha value is -4.12. The highest BCUT2D eigenvalue weighted by Crippen LogP contribution is 2.45. The van der Waals surface area contributed by atoms with Crippen molar-refractivity contribution in [1.82, 2.24) is 4.98 Å². The van der Waals surface area contributed by atoms with Crippen molar-refractivity contribution < 1.29 is 43.9 Å². The second kappa shape index (κ2) is 13.7. The number of aliphatic hydroxyl groups excluding tert-OH is 2. The smallest absolute Gasteiger partial charge is 0.338 e. The number of pyridine rings is 1. The van der Waals surface area contributed by atoms with Crippen LogP contribution in [0.25, 0.3) is 10.9 Å². The Labute approximate surface area is 243 Å². The van der Waals surface area contributed by atoms with E-state index in [1.165, 1.54) is 18.2 Å². The number of carbonyl (C=O) groups is 3. The Morgan fingerprint density at radius 1 is 1.05 bits per heavy atom. The molecular formula is C32H35NO9. The number of ketones is 1. The van der Waals surface area contributed by atoms with Crippen molar-refractivity contribution >= 4 is 28.6 Å². The molecule has 0 saturated heterocycles. The molecule has 1 aromatic heterocycles. The molecule has 0 radical (unpaired) electrons. The van der Waals surface area contributed by atoms with Crippen molar-refractivity contribution in [2.45, 2.75) is 50.7 Å². The summed E-state index contributed by atoms with van der Waals surface area (Å²) in [4.78, 5) is 41.5. The van der Waals surface area contributed by atoms with Crippen molar-refractivity contribution in [1.29, 1.82) is 0 Å². The van der Waals surface area contributed by atoms with Gasteiger partial charge in [0.25, 0.3) is 0 Å². The summed E-state index contributed by atoms with van der Waals surface area (Å²) < 4.78 is 15.4. The van der Waals surface area contributed by atoms with E-state index in [2.05, 4.69) is 25.4 Å². The number of benzene rings is 2. The first-order chi connectivity index (χ1) is 20.1. The lowest BCUT2D eigenvalue weighted by molar-refractivity contribution is -0.137. The normalized spacial score (nSPS) is 16.8. The Balaban J connectivity index is 1.34. The molecule has 42 heavy (non-hydrogen) atoms. The number of Topliss-reactive ketones (excluding diaryl/α,β-unsaturated/α-hetero) is 1. The van der Waals surface area contributed by atoms with E-state index >= 15 is 0 Å². The topological polar surface area (TPSA) is 152 Å². The van der Waals surface area contributed by atoms with E-state index in [-0.39, 0.29) is 42.4 Å². The number of aromatic hydroxyl groups is 1. The van der Waals surface area contributed by atoms with Crippen LogP contribution in [0.15, 0.2) is 55.1 Å². The van der Waals surface area contributed by atoms with Gasteiger partial charge in [-0.15, -0.1) is 0 Å². The maximum Gasteiger partial charge on any atom is 0.338 e. The summed E-state index contributed by atoms with van der Waals surface area (Å²) in [6.07, 6.45) is -0.0260. The fraction of sp³-hybridized carbons (Fsp3) is 0.375. The molecular weight excluding hydrogens is 542 g/mol. The zero-order chi connectivity index (χ0) is 30.4. The van der Waals surface area contributed by atoms with Gasteiger partial charge < -0.3 is 29.5 Å². The monoisotopic (exact) mass is 577 g/mol. The van der Waals surface area contributed by atoms with Gasteiger partial charge in [-0.1, -0.05) is 32.6 Å². The van der Waals surface area contributed by atoms with Gasteiger partial charge in [-0.25, -0.2) is 14.6 Å². The minimum atomic E-state index is -1.25. The molecule has 3 unspecified atom stereocenters. The number of rotatable bonds is 13. The summed E-state index contributed by atoms with van der Waals surface area (Å²) in [6, 6.07) is 11.5. The standard InChI is InChI=1S/C32H35NO9/c1-4-27(36)41-12-6-5-11-40-16-22(34)17-42-32(39)20-7-9-23-24(14-20)31(38)28(30(23)37)29-26(35)15-21-13-19(18(2)3)8-10-25(21)33-29/h4,7-10,13-15,18,22,28,30,34-35,37H,1,5-6,11-12,16-17H2,2-3H3. The first-order valence-electron chi connectivity index (χ1n) is 13.8. The van der Waals surface area contributed by atoms with Gasteiger partial charge in [-0.3, -0.25) is 4.79 Å². The number of aliphatic hydroxyl groups is 2. The summed E-state index contributed by atoms with van der Waals surface area (Å²) >= 11 is 0. The molecule has 1 aliphatic carbocycles. The average Bonchev–Trinajstić information content (AvgIpc) is 3.22. The number of aromatic nitrogens is 1. The van der Waals surface area contributed by atoms with Gasteiger partial charge in [0.15, 0.2) is 5.78 Å². The number of esters is 2. The van der Waals surface area contributed by atoms with Gasteiger partial charge in [0, 0.05) is 23.6 Å². The number of carbonyl (C=O) groups excluding carboxylic acids is 3. The number of fused-ring (bicyclic) bond motifs is 2. The molecule has 1 aliphatic rings. The predicted octanol–water partition coefficient (Wildman–Crippen LogP) is 4.12. The summed E-state index contributed by atoms with van der Waals surface area (Å²) in [6.45, 7) is 7.63. The van der Waals surface area contributed by atoms with Crippen molar-refractivity contribution in [3.8, 4) is 5.75 Å². The lowest BCUT2D eigenvalue weighted by Crippen LogP contribution is -2.24. The molecule has 222 valence electrons. The molecule has 0 amide bonds. The molecule has 0 fully saturated rings. The first-order valence-corrected chi connectivity index (χ1v) is 13.8. The SMILES string of the molecule is C=CC(=O)OCCCCOCC(O)COC(=O)c1ccc2c(c1)C(=O)C(c1nc3ccc(C(C)C)cc3cc1O)C2O. The van der Waals surface area contributed by atoms with Crippen LogP contribution in [0.1, 0.15) is 82.2 Å². The van der Waals surface area contributed by atoms with Crippen molar-refractivity contribution in [2.75, 3.05) is 26.4 Å². The average molecular weight is 578 g/mol. The van der Waals surface area contributed by atoms with Gasteiger partial charge in [-0.05, 0) is 60.2 Å². The largest absolute Gasteiger partial charge is 0.506 e. The van der Waals surface area contributed by atoms with Crippen LogP contribution in [-0.2, 0) is 19.0 Å². The van der Waals surface area contributed by atoms with Gasteiger partial charge in [0.2, 0.25) is 0 Å². The van der Waals surface area contributed by atoms with Crippen LogP contribution in [0.3, 0.4) is 0 Å². The zero-order valence-corrected chi connectivity index (χ0v) is 23.6. The molecule has 0 saturated carbocycles. The quantitative estimate of drug-likeness (QED) is 0.154. The van der Waals surface area contributed by atoms with Crippen molar-refractivity contribution in [3.63, 3.8) is 0 Å². The molecule has 1 heterocycles. The summed E-state index contributed by atoms with van der Waals surface area (Å²) in [5, 5.41) is 32.6. The molecule has 10 nitrogen and oxygen atoms in total. The molecule has 3 aromatic rings. The summed E-state index contributed by atoms with van der Waals surface area (Å²) in [5.74, 6) is -2.74. The van der Waals surface area contributed by atoms with E-state index < -0.39 is 35.8 Å². The lowest BCUT2D eigenvalue weighted by atomic mass is 9.95. The second-order valence-electron chi connectivity index (χ2n) is 10.5. The molecule has 0 spiro atoms. The van der Waals surface area contributed by atoms with E-state index in [0.717, 1.165) is 17.0 Å². The highest BCUT2D eigenvalue weighted by molar-refractivity contribution is 6.07. The van der Waals surface area contributed by atoms with Gasteiger partial charge in [0.1, 0.15) is 18.5 Å². The molecule has 0 aliphatic heterocycles. The number of hydrogen-bond acceptors (Lipinski definition) is 10. The van der Waals surface area contributed by atoms with Crippen LogP contribution in [-0.4, -0.2) is 70.6 Å². The molecule has 10 heteroatoms. The number of hydrogen-bond donors (Lipinski definition) is 3. The molecule has 3 atom stereocenters. The fourth-order valence-electron chi connectivity index (χ4n) is 4.77. The first kappa shape index (κ1) is 30.8. The third-order valence-corrected chi connectivity index (χ3v) is 7.09. The fourth-order valence-corrected chi connectivity index (χ4v) is 4.77. The van der Waals surface area contributed by atoms with Crippen LogP contribution < -0.4 is 0 Å². The summed E-state index contributed by atoms with van der Waals surface area (Å²) in [5.41, 5.74) is 2.28. The van der Waals surface area contributed by atoms with Crippen LogP contribution in [0.2, 0.25) is 0 Å². The third kappa shape index (κ3) is 7.02. The second-order valence-corrected chi connectivity index (χ2v) is 10.5. The van der Waals surface area contributed by atoms with E-state index in [0.29, 0.717) is 36.4 Å². The number of ether oxygens (including phenoxy) is 3. The van der Waals surface area contributed by atoms with Crippen LogP contribution >= 0.6 is 0 Å². The van der Waals surface area contributed by atoms with Gasteiger partial charge >= 0.3 is 11.9 Å².